The molecule has 1 saturated carbocycles. The lowest BCUT2D eigenvalue weighted by Gasteiger charge is -2.38. The fraction of sp³-hybridized carbons (Fsp3) is 0.636. The van der Waals surface area contributed by atoms with E-state index in [1.807, 2.05) is 0 Å². The Kier molecular flexibility index (Phi) is 3.50. The average Bonchev–Trinajstić information content (AvgIpc) is 2.21. The predicted molar refractivity (Wildman–Crippen MR) is 56.3 cm³/mol. The van der Waals surface area contributed by atoms with Gasteiger partial charge in [-0.05, 0) is 25.8 Å². The molecule has 0 aliphatic heterocycles. The minimum atomic E-state index is -0.837. The number of hydrogen-bond acceptors (Lipinski definition) is 2. The van der Waals surface area contributed by atoms with Gasteiger partial charge in [0.15, 0.2) is 0 Å². The van der Waals surface area contributed by atoms with Gasteiger partial charge < -0.3 is 10.4 Å². The van der Waals surface area contributed by atoms with E-state index in [4.69, 9.17) is 0 Å². The number of hydrogen-bond donors (Lipinski definition) is 2. The highest BCUT2D eigenvalue weighted by atomic mass is 16.4. The molecule has 0 spiro atoms. The molecule has 0 bridgehead atoms. The second kappa shape index (κ2) is 4.47. The number of aliphatic carboxylic acids is 1. The normalized spacial score (nSPS) is 30.6. The molecule has 0 saturated heterocycles. The van der Waals surface area contributed by atoms with E-state index in [2.05, 4.69) is 11.9 Å². The molecule has 0 aromatic heterocycles. The zero-order chi connectivity index (χ0) is 11.5. The van der Waals surface area contributed by atoms with Crippen LogP contribution >= 0.6 is 0 Å². The van der Waals surface area contributed by atoms with Crippen molar-refractivity contribution in [2.45, 2.75) is 38.6 Å². The van der Waals surface area contributed by atoms with Crippen LogP contribution in [-0.4, -0.2) is 23.0 Å². The molecule has 1 aliphatic rings. The lowest BCUT2D eigenvalue weighted by atomic mass is 9.71. The maximum absolute atomic E-state index is 11.2. The lowest BCUT2D eigenvalue weighted by molar-refractivity contribution is -0.151. The fourth-order valence-electron chi connectivity index (χ4n) is 2.05. The van der Waals surface area contributed by atoms with E-state index in [0.29, 0.717) is 6.42 Å². The molecule has 0 aromatic carbocycles. The second-order valence-electron chi connectivity index (χ2n) is 4.23. The molecule has 4 heteroatoms. The first-order valence-electron chi connectivity index (χ1n) is 5.17. The van der Waals surface area contributed by atoms with Crippen LogP contribution in [0.15, 0.2) is 12.7 Å². The summed E-state index contributed by atoms with van der Waals surface area (Å²) < 4.78 is 0. The van der Waals surface area contributed by atoms with Crippen molar-refractivity contribution in [3.8, 4) is 0 Å². The Labute approximate surface area is 89.4 Å². The molecule has 1 amide bonds. The Hall–Kier alpha value is -1.32. The van der Waals surface area contributed by atoms with Crippen LogP contribution in [-0.2, 0) is 9.59 Å². The monoisotopic (exact) mass is 211 g/mol. The molecule has 1 fully saturated rings. The van der Waals surface area contributed by atoms with Crippen molar-refractivity contribution in [1.82, 2.24) is 5.32 Å². The van der Waals surface area contributed by atoms with Gasteiger partial charge in [0.1, 0.15) is 0 Å². The van der Waals surface area contributed by atoms with E-state index >= 15 is 0 Å². The number of carboxylic acid groups (broad SMARTS) is 1. The van der Waals surface area contributed by atoms with Crippen molar-refractivity contribution in [1.29, 1.82) is 0 Å². The zero-order valence-corrected chi connectivity index (χ0v) is 8.95. The molecule has 1 rings (SSSR count). The van der Waals surface area contributed by atoms with Gasteiger partial charge >= 0.3 is 5.97 Å². The summed E-state index contributed by atoms with van der Waals surface area (Å²) in [6.07, 6.45) is 4.39. The standard InChI is InChI=1S/C11H17NO3/c1-3-9(13)12-8-6-4-5-7-11(8,2)10(14)15/h3,8H,1,4-7H2,2H3,(H,12,13)(H,14,15). The van der Waals surface area contributed by atoms with Crippen molar-refractivity contribution in [2.75, 3.05) is 0 Å². The van der Waals surface area contributed by atoms with Crippen LogP contribution in [0, 0.1) is 5.41 Å². The molecule has 0 radical (unpaired) electrons. The fourth-order valence-corrected chi connectivity index (χ4v) is 2.05. The summed E-state index contributed by atoms with van der Waals surface area (Å²) in [4.78, 5) is 22.3. The number of amides is 1. The number of carbonyl (C=O) groups is 2. The number of nitrogens with one attached hydrogen (secondary N) is 1. The first-order chi connectivity index (χ1) is 7.00. The molecule has 0 aromatic rings. The van der Waals surface area contributed by atoms with E-state index < -0.39 is 11.4 Å². The molecular weight excluding hydrogens is 194 g/mol. The van der Waals surface area contributed by atoms with Crippen LogP contribution in [0.2, 0.25) is 0 Å². The predicted octanol–water partition coefficient (Wildman–Crippen LogP) is 1.32. The molecule has 1 aliphatic carbocycles. The average molecular weight is 211 g/mol. The van der Waals surface area contributed by atoms with E-state index in [1.54, 1.807) is 6.92 Å². The first-order valence-corrected chi connectivity index (χ1v) is 5.17. The minimum Gasteiger partial charge on any atom is -0.481 e. The number of carboxylic acids is 1. The smallest absolute Gasteiger partial charge is 0.311 e. The third kappa shape index (κ3) is 2.37. The molecule has 84 valence electrons. The Balaban J connectivity index is 2.78. The second-order valence-corrected chi connectivity index (χ2v) is 4.23. The van der Waals surface area contributed by atoms with Gasteiger partial charge in [-0.1, -0.05) is 19.4 Å². The molecule has 2 N–H and O–H groups in total. The van der Waals surface area contributed by atoms with Crippen LogP contribution in [0.25, 0.3) is 0 Å². The summed E-state index contributed by atoms with van der Waals surface area (Å²) in [5, 5.41) is 11.9. The summed E-state index contributed by atoms with van der Waals surface area (Å²) in [5.74, 6) is -1.13. The Morgan fingerprint density at radius 1 is 1.53 bits per heavy atom. The van der Waals surface area contributed by atoms with Crippen LogP contribution in [0.1, 0.15) is 32.6 Å². The number of carbonyl (C=O) groups excluding carboxylic acids is 1. The van der Waals surface area contributed by atoms with Gasteiger partial charge in [0, 0.05) is 6.04 Å². The zero-order valence-electron chi connectivity index (χ0n) is 8.95. The van der Waals surface area contributed by atoms with Crippen molar-refractivity contribution in [3.05, 3.63) is 12.7 Å². The van der Waals surface area contributed by atoms with E-state index in [-0.39, 0.29) is 11.9 Å². The van der Waals surface area contributed by atoms with Crippen LogP contribution in [0.4, 0.5) is 0 Å². The van der Waals surface area contributed by atoms with Crippen molar-refractivity contribution in [3.63, 3.8) is 0 Å². The Morgan fingerprint density at radius 3 is 2.73 bits per heavy atom. The van der Waals surface area contributed by atoms with Gasteiger partial charge in [-0.3, -0.25) is 9.59 Å². The molecule has 4 nitrogen and oxygen atoms in total. The third-order valence-electron chi connectivity index (χ3n) is 3.20. The highest BCUT2D eigenvalue weighted by Gasteiger charge is 2.43. The van der Waals surface area contributed by atoms with Gasteiger partial charge in [0.05, 0.1) is 5.41 Å². The van der Waals surface area contributed by atoms with Crippen molar-refractivity contribution in [2.24, 2.45) is 5.41 Å². The highest BCUT2D eigenvalue weighted by Crippen LogP contribution is 2.36. The van der Waals surface area contributed by atoms with E-state index in [9.17, 15) is 14.7 Å². The van der Waals surface area contributed by atoms with Gasteiger partial charge in [-0.2, -0.15) is 0 Å². The van der Waals surface area contributed by atoms with Gasteiger partial charge in [0.25, 0.3) is 0 Å². The maximum Gasteiger partial charge on any atom is 0.311 e. The van der Waals surface area contributed by atoms with Crippen LogP contribution in [0.3, 0.4) is 0 Å². The quantitative estimate of drug-likeness (QED) is 0.692. The summed E-state index contributed by atoms with van der Waals surface area (Å²) in [7, 11) is 0. The minimum absolute atomic E-state index is 0.283. The van der Waals surface area contributed by atoms with Gasteiger partial charge in [-0.15, -0.1) is 0 Å². The van der Waals surface area contributed by atoms with Crippen LogP contribution in [0.5, 0.6) is 0 Å². The third-order valence-corrected chi connectivity index (χ3v) is 3.20. The molecule has 2 atom stereocenters. The molecule has 15 heavy (non-hydrogen) atoms. The molecule has 0 heterocycles. The van der Waals surface area contributed by atoms with Crippen molar-refractivity contribution >= 4 is 11.9 Å². The van der Waals surface area contributed by atoms with E-state index in [1.165, 1.54) is 6.08 Å². The van der Waals surface area contributed by atoms with Gasteiger partial charge in [0.2, 0.25) is 5.91 Å². The maximum atomic E-state index is 11.2. The summed E-state index contributed by atoms with van der Waals surface area (Å²) in [5.41, 5.74) is -0.836. The largest absolute Gasteiger partial charge is 0.481 e. The van der Waals surface area contributed by atoms with Crippen LogP contribution < -0.4 is 5.32 Å². The Morgan fingerprint density at radius 2 is 2.20 bits per heavy atom. The first kappa shape index (κ1) is 11.8. The summed E-state index contributed by atoms with van der Waals surface area (Å²) >= 11 is 0. The lowest BCUT2D eigenvalue weighted by Crippen LogP contribution is -2.51. The summed E-state index contributed by atoms with van der Waals surface area (Å²) in [6, 6.07) is -0.283. The van der Waals surface area contributed by atoms with Crippen molar-refractivity contribution < 1.29 is 14.7 Å². The molecular formula is C11H17NO3. The number of rotatable bonds is 3. The summed E-state index contributed by atoms with van der Waals surface area (Å²) in [6.45, 7) is 5.06. The SMILES string of the molecule is C=CC(=O)NC1CCCCC1(C)C(=O)O. The molecule has 2 unspecified atom stereocenters. The topological polar surface area (TPSA) is 66.4 Å². The Bertz CT molecular complexity index is 288. The van der Waals surface area contributed by atoms with Gasteiger partial charge in [-0.25, -0.2) is 0 Å². The highest BCUT2D eigenvalue weighted by molar-refractivity contribution is 5.88. The van der Waals surface area contributed by atoms with E-state index in [0.717, 1.165) is 19.3 Å².